The van der Waals surface area contributed by atoms with Crippen LogP contribution in [0.15, 0.2) is 42.5 Å². The number of rotatable bonds is 4. The van der Waals surface area contributed by atoms with Crippen molar-refractivity contribution in [1.82, 2.24) is 5.32 Å². The molecular formula is C16H15FN2. The van der Waals surface area contributed by atoms with Gasteiger partial charge in [0.25, 0.3) is 0 Å². The first-order chi connectivity index (χ1) is 9.24. The van der Waals surface area contributed by atoms with Crippen molar-refractivity contribution in [2.24, 2.45) is 0 Å². The summed E-state index contributed by atoms with van der Waals surface area (Å²) in [6.45, 7) is 3.61. The first-order valence-electron chi connectivity index (χ1n) is 6.24. The quantitative estimate of drug-likeness (QED) is 0.906. The Balaban J connectivity index is 2.40. The van der Waals surface area contributed by atoms with Crippen LogP contribution < -0.4 is 5.32 Å². The topological polar surface area (TPSA) is 35.8 Å². The highest BCUT2D eigenvalue weighted by atomic mass is 19.1. The summed E-state index contributed by atoms with van der Waals surface area (Å²) in [6.07, 6.45) is 0. The predicted octanol–water partition coefficient (Wildman–Crippen LogP) is 3.47. The lowest BCUT2D eigenvalue weighted by molar-refractivity contribution is 0.629. The zero-order valence-corrected chi connectivity index (χ0v) is 10.8. The number of nitrogens with zero attached hydrogens (tertiary/aromatic N) is 1. The van der Waals surface area contributed by atoms with Gasteiger partial charge in [-0.1, -0.05) is 25.1 Å². The molecule has 2 rings (SSSR count). The summed E-state index contributed by atoms with van der Waals surface area (Å²) in [5.74, 6) is -0.268. The summed E-state index contributed by atoms with van der Waals surface area (Å²) in [5.41, 5.74) is 2.83. The molecule has 0 radical (unpaired) electrons. The van der Waals surface area contributed by atoms with Gasteiger partial charge in [-0.25, -0.2) is 4.39 Å². The molecule has 0 atom stereocenters. The number of benzene rings is 2. The molecule has 0 saturated carbocycles. The molecule has 0 fully saturated rings. The standard InChI is InChI=1S/C16H15FN2/c1-2-19-11-13-6-7-16(17)15(9-13)14-5-3-4-12(8-14)10-18/h3-9,19H,2,11H2,1H3. The van der Waals surface area contributed by atoms with E-state index >= 15 is 0 Å². The Kier molecular flexibility index (Phi) is 4.27. The van der Waals surface area contributed by atoms with Gasteiger partial charge < -0.3 is 5.32 Å². The molecule has 0 saturated heterocycles. The van der Waals surface area contributed by atoms with Crippen LogP contribution in [-0.2, 0) is 6.54 Å². The molecule has 0 aliphatic carbocycles. The van der Waals surface area contributed by atoms with Crippen molar-refractivity contribution < 1.29 is 4.39 Å². The second kappa shape index (κ2) is 6.12. The molecule has 2 aromatic rings. The third-order valence-corrected chi connectivity index (χ3v) is 2.91. The van der Waals surface area contributed by atoms with Gasteiger partial charge in [0.2, 0.25) is 0 Å². The van der Waals surface area contributed by atoms with Crippen molar-refractivity contribution >= 4 is 0 Å². The summed E-state index contributed by atoms with van der Waals surface area (Å²) in [6, 6.07) is 14.1. The van der Waals surface area contributed by atoms with Gasteiger partial charge in [0.15, 0.2) is 0 Å². The highest BCUT2D eigenvalue weighted by Crippen LogP contribution is 2.24. The number of hydrogen-bond donors (Lipinski definition) is 1. The van der Waals surface area contributed by atoms with Crippen LogP contribution in [0.1, 0.15) is 18.1 Å². The first-order valence-corrected chi connectivity index (χ1v) is 6.24. The predicted molar refractivity (Wildman–Crippen MR) is 73.9 cm³/mol. The van der Waals surface area contributed by atoms with Gasteiger partial charge in [0.1, 0.15) is 5.82 Å². The van der Waals surface area contributed by atoms with Crippen molar-refractivity contribution in [2.45, 2.75) is 13.5 Å². The molecule has 1 N–H and O–H groups in total. The molecule has 0 aliphatic rings. The van der Waals surface area contributed by atoms with E-state index in [1.807, 2.05) is 19.1 Å². The molecule has 0 unspecified atom stereocenters. The molecule has 19 heavy (non-hydrogen) atoms. The highest BCUT2D eigenvalue weighted by Gasteiger charge is 2.07. The second-order valence-electron chi connectivity index (χ2n) is 4.29. The van der Waals surface area contributed by atoms with Gasteiger partial charge in [0.05, 0.1) is 11.6 Å². The molecule has 0 heterocycles. The average Bonchev–Trinajstić information content (AvgIpc) is 2.46. The Labute approximate surface area is 112 Å². The van der Waals surface area contributed by atoms with Crippen LogP contribution in [0.5, 0.6) is 0 Å². The molecule has 0 amide bonds. The number of nitriles is 1. The van der Waals surface area contributed by atoms with E-state index in [4.69, 9.17) is 5.26 Å². The van der Waals surface area contributed by atoms with E-state index in [9.17, 15) is 4.39 Å². The zero-order chi connectivity index (χ0) is 13.7. The fourth-order valence-corrected chi connectivity index (χ4v) is 1.93. The van der Waals surface area contributed by atoms with Crippen molar-refractivity contribution in [3.05, 3.63) is 59.4 Å². The van der Waals surface area contributed by atoms with Crippen molar-refractivity contribution in [1.29, 1.82) is 5.26 Å². The smallest absolute Gasteiger partial charge is 0.131 e. The molecule has 2 nitrogen and oxygen atoms in total. The van der Waals surface area contributed by atoms with E-state index in [-0.39, 0.29) is 5.82 Å². The Morgan fingerprint density at radius 3 is 2.79 bits per heavy atom. The minimum absolute atomic E-state index is 0.268. The molecule has 2 aromatic carbocycles. The number of nitrogens with one attached hydrogen (secondary N) is 1. The van der Waals surface area contributed by atoms with E-state index in [1.54, 1.807) is 24.3 Å². The maximum absolute atomic E-state index is 13.9. The van der Waals surface area contributed by atoms with Crippen LogP contribution in [0.25, 0.3) is 11.1 Å². The van der Waals surface area contributed by atoms with Gasteiger partial charge in [-0.2, -0.15) is 5.26 Å². The third kappa shape index (κ3) is 3.18. The highest BCUT2D eigenvalue weighted by molar-refractivity contribution is 5.66. The SMILES string of the molecule is CCNCc1ccc(F)c(-c2cccc(C#N)c2)c1. The maximum atomic E-state index is 13.9. The molecule has 0 aromatic heterocycles. The van der Waals surface area contributed by atoms with E-state index < -0.39 is 0 Å². The van der Waals surface area contributed by atoms with Crippen molar-refractivity contribution in [3.8, 4) is 17.2 Å². The summed E-state index contributed by atoms with van der Waals surface area (Å²) in [5, 5.41) is 12.1. The summed E-state index contributed by atoms with van der Waals surface area (Å²) < 4.78 is 13.9. The largest absolute Gasteiger partial charge is 0.313 e. The Hall–Kier alpha value is -2.18. The monoisotopic (exact) mass is 254 g/mol. The van der Waals surface area contributed by atoms with Crippen LogP contribution >= 0.6 is 0 Å². The van der Waals surface area contributed by atoms with E-state index in [1.165, 1.54) is 6.07 Å². The lowest BCUT2D eigenvalue weighted by Gasteiger charge is -2.08. The van der Waals surface area contributed by atoms with Crippen LogP contribution in [0.4, 0.5) is 4.39 Å². The van der Waals surface area contributed by atoms with Crippen LogP contribution in [-0.4, -0.2) is 6.54 Å². The molecule has 0 spiro atoms. The van der Waals surface area contributed by atoms with Gasteiger partial charge >= 0.3 is 0 Å². The van der Waals surface area contributed by atoms with Gasteiger partial charge in [0, 0.05) is 12.1 Å². The fourth-order valence-electron chi connectivity index (χ4n) is 1.93. The lowest BCUT2D eigenvalue weighted by atomic mass is 10.0. The number of hydrogen-bond acceptors (Lipinski definition) is 2. The molecule has 0 aliphatic heterocycles. The van der Waals surface area contributed by atoms with Gasteiger partial charge in [-0.15, -0.1) is 0 Å². The fraction of sp³-hybridized carbons (Fsp3) is 0.188. The molecule has 96 valence electrons. The minimum atomic E-state index is -0.268. The minimum Gasteiger partial charge on any atom is -0.313 e. The lowest BCUT2D eigenvalue weighted by Crippen LogP contribution is -2.11. The maximum Gasteiger partial charge on any atom is 0.131 e. The Morgan fingerprint density at radius 2 is 2.05 bits per heavy atom. The van der Waals surface area contributed by atoms with E-state index in [0.29, 0.717) is 17.7 Å². The summed E-state index contributed by atoms with van der Waals surface area (Å²) in [4.78, 5) is 0. The van der Waals surface area contributed by atoms with Crippen LogP contribution in [0, 0.1) is 17.1 Å². The zero-order valence-electron chi connectivity index (χ0n) is 10.8. The normalized spacial score (nSPS) is 10.2. The van der Waals surface area contributed by atoms with Gasteiger partial charge in [-0.3, -0.25) is 0 Å². The molecule has 0 bridgehead atoms. The Morgan fingerprint density at radius 1 is 1.21 bits per heavy atom. The summed E-state index contributed by atoms with van der Waals surface area (Å²) >= 11 is 0. The van der Waals surface area contributed by atoms with Crippen LogP contribution in [0.2, 0.25) is 0 Å². The van der Waals surface area contributed by atoms with E-state index in [2.05, 4.69) is 11.4 Å². The third-order valence-electron chi connectivity index (χ3n) is 2.91. The molecule has 3 heteroatoms. The van der Waals surface area contributed by atoms with Crippen molar-refractivity contribution in [2.75, 3.05) is 6.54 Å². The Bertz CT molecular complexity index is 614. The number of halogens is 1. The second-order valence-corrected chi connectivity index (χ2v) is 4.29. The average molecular weight is 254 g/mol. The van der Waals surface area contributed by atoms with Crippen molar-refractivity contribution in [3.63, 3.8) is 0 Å². The van der Waals surface area contributed by atoms with Crippen LogP contribution in [0.3, 0.4) is 0 Å². The molecular weight excluding hydrogens is 239 g/mol. The summed E-state index contributed by atoms with van der Waals surface area (Å²) in [7, 11) is 0. The first kappa shape index (κ1) is 13.3. The van der Waals surface area contributed by atoms with Gasteiger partial charge in [-0.05, 0) is 41.9 Å². The van der Waals surface area contributed by atoms with E-state index in [0.717, 1.165) is 17.7 Å².